The quantitative estimate of drug-likeness (QED) is 0.309. The first kappa shape index (κ1) is 16.2. The van der Waals surface area contributed by atoms with Crippen LogP contribution in [0.3, 0.4) is 0 Å². The van der Waals surface area contributed by atoms with Gasteiger partial charge in [-0.3, -0.25) is 5.43 Å². The highest BCUT2D eigenvalue weighted by Crippen LogP contribution is 2.51. The maximum Gasteiger partial charge on any atom is 0.203 e. The topological polar surface area (TPSA) is 77.7 Å². The number of anilines is 1. The number of benzene rings is 1. The molecule has 112 valence electrons. The predicted molar refractivity (Wildman–Crippen MR) is 88.3 cm³/mol. The SMILES string of the molecule is CC(C)=NNc1ncc(-c2c(O)c(Cl)c(Cl)c(O)c2Cl)s1. The molecule has 0 aliphatic carbocycles. The van der Waals surface area contributed by atoms with E-state index in [2.05, 4.69) is 15.5 Å². The molecule has 0 spiro atoms. The molecule has 1 heterocycles. The number of aromatic hydroxyl groups is 2. The average Bonchev–Trinajstić information content (AvgIpc) is 2.89. The Hall–Kier alpha value is -1.21. The predicted octanol–water partition coefficient (Wildman–Crippen LogP) is 4.99. The van der Waals surface area contributed by atoms with Gasteiger partial charge < -0.3 is 10.2 Å². The van der Waals surface area contributed by atoms with Crippen molar-refractivity contribution in [1.29, 1.82) is 0 Å². The van der Waals surface area contributed by atoms with Crippen LogP contribution in [0, 0.1) is 0 Å². The summed E-state index contributed by atoms with van der Waals surface area (Å²) >= 11 is 18.9. The number of thiazole rings is 1. The Balaban J connectivity index is 2.51. The molecular formula is C12H10Cl3N3O2S. The molecule has 0 amide bonds. The van der Waals surface area contributed by atoms with Crippen LogP contribution in [-0.4, -0.2) is 20.9 Å². The first-order chi connectivity index (χ1) is 9.82. The molecule has 1 aromatic heterocycles. The van der Waals surface area contributed by atoms with Crippen molar-refractivity contribution in [2.24, 2.45) is 5.10 Å². The normalized spacial score (nSPS) is 10.5. The lowest BCUT2D eigenvalue weighted by molar-refractivity contribution is 0.462. The van der Waals surface area contributed by atoms with E-state index in [0.29, 0.717) is 10.0 Å². The lowest BCUT2D eigenvalue weighted by Gasteiger charge is -2.10. The summed E-state index contributed by atoms with van der Waals surface area (Å²) in [5, 5.41) is 24.0. The van der Waals surface area contributed by atoms with Crippen LogP contribution in [0.2, 0.25) is 15.1 Å². The summed E-state index contributed by atoms with van der Waals surface area (Å²) in [6.07, 6.45) is 1.48. The summed E-state index contributed by atoms with van der Waals surface area (Å²) in [5.41, 5.74) is 3.77. The lowest BCUT2D eigenvalue weighted by atomic mass is 10.1. The molecule has 0 saturated heterocycles. The molecule has 9 heteroatoms. The second-order valence-electron chi connectivity index (χ2n) is 4.21. The van der Waals surface area contributed by atoms with Gasteiger partial charge in [0.25, 0.3) is 0 Å². The number of aromatic nitrogens is 1. The molecular weight excluding hydrogens is 357 g/mol. The minimum Gasteiger partial charge on any atom is -0.506 e. The molecule has 21 heavy (non-hydrogen) atoms. The van der Waals surface area contributed by atoms with Gasteiger partial charge in [-0.15, -0.1) is 0 Å². The number of hydrogen-bond acceptors (Lipinski definition) is 6. The monoisotopic (exact) mass is 365 g/mol. The zero-order valence-corrected chi connectivity index (χ0v) is 14.0. The third kappa shape index (κ3) is 3.18. The first-order valence-corrected chi connectivity index (χ1v) is 7.59. The summed E-state index contributed by atoms with van der Waals surface area (Å²) in [7, 11) is 0. The van der Waals surface area contributed by atoms with Crippen molar-refractivity contribution >= 4 is 57.0 Å². The van der Waals surface area contributed by atoms with E-state index in [0.717, 1.165) is 5.71 Å². The fourth-order valence-electron chi connectivity index (χ4n) is 1.46. The number of hydrazone groups is 1. The summed E-state index contributed by atoms with van der Waals surface area (Å²) < 4.78 is 0. The molecule has 0 aliphatic rings. The molecule has 0 saturated carbocycles. The number of hydrogen-bond donors (Lipinski definition) is 3. The first-order valence-electron chi connectivity index (χ1n) is 5.64. The van der Waals surface area contributed by atoms with E-state index < -0.39 is 0 Å². The van der Waals surface area contributed by atoms with Crippen LogP contribution in [-0.2, 0) is 0 Å². The van der Waals surface area contributed by atoms with Gasteiger partial charge in [-0.2, -0.15) is 5.10 Å². The third-order valence-electron chi connectivity index (χ3n) is 2.40. The Kier molecular flexibility index (Phi) is 4.83. The number of phenolic OH excluding ortho intramolecular Hbond substituents is 2. The van der Waals surface area contributed by atoms with Gasteiger partial charge in [0.2, 0.25) is 5.13 Å². The minimum atomic E-state index is -0.388. The zero-order valence-electron chi connectivity index (χ0n) is 10.9. The summed E-state index contributed by atoms with van der Waals surface area (Å²) in [5.74, 6) is -0.698. The van der Waals surface area contributed by atoms with Crippen LogP contribution in [0.15, 0.2) is 11.3 Å². The maximum absolute atomic E-state index is 10.1. The molecule has 0 bridgehead atoms. The number of halogens is 3. The van der Waals surface area contributed by atoms with Gasteiger partial charge in [0, 0.05) is 11.9 Å². The van der Waals surface area contributed by atoms with E-state index in [1.807, 2.05) is 13.8 Å². The highest BCUT2D eigenvalue weighted by Gasteiger charge is 2.23. The number of nitrogens with one attached hydrogen (secondary N) is 1. The molecule has 0 atom stereocenters. The molecule has 0 radical (unpaired) electrons. The van der Waals surface area contributed by atoms with E-state index in [-0.39, 0.29) is 32.1 Å². The van der Waals surface area contributed by atoms with E-state index in [1.165, 1.54) is 17.5 Å². The fraction of sp³-hybridized carbons (Fsp3) is 0.167. The smallest absolute Gasteiger partial charge is 0.203 e. The number of nitrogens with zero attached hydrogens (tertiary/aromatic N) is 2. The highest BCUT2D eigenvalue weighted by atomic mass is 35.5. The van der Waals surface area contributed by atoms with Crippen molar-refractivity contribution in [3.63, 3.8) is 0 Å². The molecule has 2 rings (SSSR count). The van der Waals surface area contributed by atoms with Crippen LogP contribution in [0.25, 0.3) is 10.4 Å². The summed E-state index contributed by atoms with van der Waals surface area (Å²) in [6, 6.07) is 0. The fourth-order valence-corrected chi connectivity index (χ4v) is 3.03. The van der Waals surface area contributed by atoms with Crippen molar-refractivity contribution in [2.45, 2.75) is 13.8 Å². The highest BCUT2D eigenvalue weighted by molar-refractivity contribution is 7.19. The standard InChI is InChI=1S/C12H10Cl3N3O2S/c1-4(2)17-18-12-16-3-5(21-12)6-7(13)11(20)9(15)8(14)10(6)19/h3,19-20H,1-2H3,(H,16,18). The Labute approximate surface area is 139 Å². The van der Waals surface area contributed by atoms with E-state index in [1.54, 1.807) is 0 Å². The average molecular weight is 367 g/mol. The van der Waals surface area contributed by atoms with Gasteiger partial charge in [0.1, 0.15) is 15.8 Å². The summed E-state index contributed by atoms with van der Waals surface area (Å²) in [6.45, 7) is 3.67. The van der Waals surface area contributed by atoms with Crippen LogP contribution in [0.1, 0.15) is 13.8 Å². The van der Waals surface area contributed by atoms with Crippen LogP contribution in [0.4, 0.5) is 5.13 Å². The van der Waals surface area contributed by atoms with Crippen molar-refractivity contribution in [2.75, 3.05) is 5.43 Å². The largest absolute Gasteiger partial charge is 0.506 e. The molecule has 1 aromatic carbocycles. The maximum atomic E-state index is 10.1. The molecule has 0 fully saturated rings. The van der Waals surface area contributed by atoms with Crippen LogP contribution in [0.5, 0.6) is 11.5 Å². The number of rotatable bonds is 3. The lowest BCUT2D eigenvalue weighted by Crippen LogP contribution is -1.91. The number of phenols is 2. The zero-order chi connectivity index (χ0) is 15.7. The molecule has 5 nitrogen and oxygen atoms in total. The van der Waals surface area contributed by atoms with Gasteiger partial charge >= 0.3 is 0 Å². The van der Waals surface area contributed by atoms with E-state index in [4.69, 9.17) is 34.8 Å². The van der Waals surface area contributed by atoms with Gasteiger partial charge in [-0.1, -0.05) is 46.1 Å². The van der Waals surface area contributed by atoms with Gasteiger partial charge in [-0.25, -0.2) is 4.98 Å². The van der Waals surface area contributed by atoms with Gasteiger partial charge in [-0.05, 0) is 13.8 Å². The van der Waals surface area contributed by atoms with Crippen molar-refractivity contribution in [3.05, 3.63) is 21.3 Å². The second-order valence-corrected chi connectivity index (χ2v) is 6.38. The van der Waals surface area contributed by atoms with Crippen molar-refractivity contribution in [1.82, 2.24) is 4.98 Å². The molecule has 2 aromatic rings. The molecule has 3 N–H and O–H groups in total. The van der Waals surface area contributed by atoms with E-state index in [9.17, 15) is 10.2 Å². The Morgan fingerprint density at radius 3 is 2.38 bits per heavy atom. The summed E-state index contributed by atoms with van der Waals surface area (Å²) in [4.78, 5) is 4.61. The van der Waals surface area contributed by atoms with Gasteiger partial charge in [0.15, 0.2) is 5.75 Å². The molecule has 0 aliphatic heterocycles. The van der Waals surface area contributed by atoms with Gasteiger partial charge in [0.05, 0.1) is 15.5 Å². The Morgan fingerprint density at radius 2 is 1.76 bits per heavy atom. The Morgan fingerprint density at radius 1 is 1.14 bits per heavy atom. The van der Waals surface area contributed by atoms with Crippen molar-refractivity contribution in [3.8, 4) is 21.9 Å². The van der Waals surface area contributed by atoms with Crippen LogP contribution >= 0.6 is 46.1 Å². The molecule has 0 unspecified atom stereocenters. The van der Waals surface area contributed by atoms with Crippen molar-refractivity contribution < 1.29 is 10.2 Å². The third-order valence-corrected chi connectivity index (χ3v) is 4.52. The second kappa shape index (κ2) is 6.27. The Bertz CT molecular complexity index is 698. The van der Waals surface area contributed by atoms with Crippen LogP contribution < -0.4 is 5.43 Å². The minimum absolute atomic E-state index is 0.0905. The van der Waals surface area contributed by atoms with E-state index >= 15 is 0 Å².